The SMILES string of the molecule is CCCOC(=O)[C@H]1[C@H]2C=C[C@@]3(CN([C@H](C)c4ccccc4)C(=O)[C@@H]13)O2. The second-order valence-corrected chi connectivity index (χ2v) is 7.12. The van der Waals surface area contributed by atoms with Crippen LogP contribution in [0.3, 0.4) is 0 Å². The molecule has 4 rings (SSSR count). The first-order chi connectivity index (χ1) is 12.1. The molecule has 0 saturated carbocycles. The number of hydrogen-bond donors (Lipinski definition) is 0. The van der Waals surface area contributed by atoms with Crippen LogP contribution >= 0.6 is 0 Å². The highest BCUT2D eigenvalue weighted by Gasteiger charge is 2.67. The van der Waals surface area contributed by atoms with E-state index in [9.17, 15) is 9.59 Å². The molecular formula is C20H23NO4. The largest absolute Gasteiger partial charge is 0.465 e. The fourth-order valence-electron chi connectivity index (χ4n) is 4.34. The van der Waals surface area contributed by atoms with Gasteiger partial charge in [-0.05, 0) is 18.9 Å². The predicted octanol–water partition coefficient (Wildman–Crippen LogP) is 2.48. The minimum absolute atomic E-state index is 0.0124. The van der Waals surface area contributed by atoms with Gasteiger partial charge in [0.05, 0.1) is 31.2 Å². The zero-order chi connectivity index (χ0) is 17.6. The molecule has 0 aliphatic carbocycles. The molecule has 5 atom stereocenters. The monoisotopic (exact) mass is 341 g/mol. The number of hydrogen-bond acceptors (Lipinski definition) is 4. The van der Waals surface area contributed by atoms with Crippen LogP contribution in [0.2, 0.25) is 0 Å². The Morgan fingerprint density at radius 3 is 2.88 bits per heavy atom. The Balaban J connectivity index is 1.60. The minimum atomic E-state index is -0.680. The molecule has 2 bridgehead atoms. The standard InChI is InChI=1S/C20H23NO4/c1-3-11-24-19(23)16-15-9-10-20(25-15)12-21(18(22)17(16)20)13(2)14-7-5-4-6-8-14/h4-10,13,15-17H,3,11-12H2,1-2H3/t13-,15-,16+,17-,20+/m1/s1. The molecule has 1 aromatic rings. The van der Waals surface area contributed by atoms with Crippen molar-refractivity contribution >= 4 is 11.9 Å². The number of benzene rings is 1. The molecule has 25 heavy (non-hydrogen) atoms. The third-order valence-electron chi connectivity index (χ3n) is 5.60. The maximum Gasteiger partial charge on any atom is 0.312 e. The first kappa shape index (κ1) is 16.3. The van der Waals surface area contributed by atoms with E-state index in [0.717, 1.165) is 12.0 Å². The van der Waals surface area contributed by atoms with Crippen molar-refractivity contribution in [1.29, 1.82) is 0 Å². The number of likely N-dealkylation sites (tertiary alicyclic amines) is 1. The van der Waals surface area contributed by atoms with Gasteiger partial charge in [0.2, 0.25) is 5.91 Å². The number of amides is 1. The Labute approximate surface area is 147 Å². The highest BCUT2D eigenvalue weighted by molar-refractivity contribution is 5.91. The van der Waals surface area contributed by atoms with E-state index >= 15 is 0 Å². The summed E-state index contributed by atoms with van der Waals surface area (Å²) in [4.78, 5) is 27.5. The van der Waals surface area contributed by atoms with E-state index in [-0.39, 0.29) is 24.0 Å². The van der Waals surface area contributed by atoms with Gasteiger partial charge in [0.15, 0.2) is 0 Å². The Kier molecular flexibility index (Phi) is 3.91. The van der Waals surface area contributed by atoms with E-state index in [0.29, 0.717) is 13.2 Å². The summed E-state index contributed by atoms with van der Waals surface area (Å²) < 4.78 is 11.4. The fourth-order valence-corrected chi connectivity index (χ4v) is 4.34. The second-order valence-electron chi connectivity index (χ2n) is 7.12. The number of carbonyl (C=O) groups excluding carboxylic acids is 2. The van der Waals surface area contributed by atoms with Crippen LogP contribution in [0.25, 0.3) is 0 Å². The average molecular weight is 341 g/mol. The summed E-state index contributed by atoms with van der Waals surface area (Å²) in [5, 5.41) is 0. The Morgan fingerprint density at radius 1 is 1.40 bits per heavy atom. The molecule has 3 aliphatic rings. The summed E-state index contributed by atoms with van der Waals surface area (Å²) >= 11 is 0. The van der Waals surface area contributed by atoms with Crippen molar-refractivity contribution in [3.8, 4) is 0 Å². The van der Waals surface area contributed by atoms with Gasteiger partial charge in [-0.2, -0.15) is 0 Å². The molecule has 3 heterocycles. The van der Waals surface area contributed by atoms with Crippen LogP contribution < -0.4 is 0 Å². The maximum atomic E-state index is 13.2. The van der Waals surface area contributed by atoms with Gasteiger partial charge >= 0.3 is 5.97 Å². The van der Waals surface area contributed by atoms with E-state index in [1.54, 1.807) is 0 Å². The lowest BCUT2D eigenvalue weighted by atomic mass is 9.77. The van der Waals surface area contributed by atoms with Crippen LogP contribution in [-0.2, 0) is 19.1 Å². The van der Waals surface area contributed by atoms with Gasteiger partial charge in [-0.15, -0.1) is 0 Å². The zero-order valence-electron chi connectivity index (χ0n) is 14.6. The van der Waals surface area contributed by atoms with E-state index in [2.05, 4.69) is 0 Å². The lowest BCUT2D eigenvalue weighted by Crippen LogP contribution is -2.40. The number of nitrogens with zero attached hydrogens (tertiary/aromatic N) is 1. The van der Waals surface area contributed by atoms with Crippen LogP contribution in [-0.4, -0.2) is 41.6 Å². The van der Waals surface area contributed by atoms with Crippen molar-refractivity contribution in [2.24, 2.45) is 11.8 Å². The highest BCUT2D eigenvalue weighted by atomic mass is 16.6. The summed E-state index contributed by atoms with van der Waals surface area (Å²) in [5.41, 5.74) is 0.400. The van der Waals surface area contributed by atoms with Gasteiger partial charge in [-0.3, -0.25) is 9.59 Å². The van der Waals surface area contributed by atoms with Crippen LogP contribution in [0.1, 0.15) is 31.9 Å². The highest BCUT2D eigenvalue weighted by Crippen LogP contribution is 2.53. The first-order valence-electron chi connectivity index (χ1n) is 8.96. The summed E-state index contributed by atoms with van der Waals surface area (Å²) in [5.74, 6) is -1.33. The van der Waals surface area contributed by atoms with E-state index in [4.69, 9.17) is 9.47 Å². The lowest BCUT2D eigenvalue weighted by molar-refractivity contribution is -0.154. The van der Waals surface area contributed by atoms with Crippen molar-refractivity contribution in [3.63, 3.8) is 0 Å². The summed E-state index contributed by atoms with van der Waals surface area (Å²) in [6.45, 7) is 4.84. The molecule has 1 amide bonds. The van der Waals surface area contributed by atoms with Crippen LogP contribution in [0.4, 0.5) is 0 Å². The molecule has 2 saturated heterocycles. The summed E-state index contributed by atoms with van der Waals surface area (Å²) in [6.07, 6.45) is 4.31. The van der Waals surface area contributed by atoms with Crippen molar-refractivity contribution in [1.82, 2.24) is 4.90 Å². The molecule has 3 aliphatic heterocycles. The molecule has 5 heteroatoms. The zero-order valence-corrected chi connectivity index (χ0v) is 14.6. The quantitative estimate of drug-likeness (QED) is 0.610. The molecule has 0 aromatic heterocycles. The van der Waals surface area contributed by atoms with Crippen molar-refractivity contribution in [2.75, 3.05) is 13.2 Å². The fraction of sp³-hybridized carbons (Fsp3) is 0.500. The van der Waals surface area contributed by atoms with Crippen molar-refractivity contribution < 1.29 is 19.1 Å². The van der Waals surface area contributed by atoms with Gasteiger partial charge in [-0.25, -0.2) is 0 Å². The lowest BCUT2D eigenvalue weighted by Gasteiger charge is -2.27. The van der Waals surface area contributed by atoms with E-state index in [1.807, 2.05) is 61.2 Å². The third kappa shape index (κ3) is 2.41. The summed E-state index contributed by atoms with van der Waals surface area (Å²) in [6, 6.07) is 9.88. The molecular weight excluding hydrogens is 318 g/mol. The molecule has 1 aromatic carbocycles. The normalized spacial score (nSPS) is 33.6. The van der Waals surface area contributed by atoms with Crippen LogP contribution in [0, 0.1) is 11.8 Å². The molecule has 0 radical (unpaired) electrons. The Morgan fingerprint density at radius 2 is 2.16 bits per heavy atom. The van der Waals surface area contributed by atoms with E-state index in [1.165, 1.54) is 0 Å². The Hall–Kier alpha value is -2.14. The Bertz CT molecular complexity index is 716. The average Bonchev–Trinajstić information content (AvgIpc) is 3.28. The number of fused-ring (bicyclic) bond motifs is 1. The molecule has 0 unspecified atom stereocenters. The predicted molar refractivity (Wildman–Crippen MR) is 91.5 cm³/mol. The number of ether oxygens (including phenoxy) is 2. The van der Waals surface area contributed by atoms with Crippen molar-refractivity contribution in [3.05, 3.63) is 48.0 Å². The van der Waals surface area contributed by atoms with Gasteiger partial charge < -0.3 is 14.4 Å². The van der Waals surface area contributed by atoms with Gasteiger partial charge in [0, 0.05) is 0 Å². The van der Waals surface area contributed by atoms with Crippen LogP contribution in [0.5, 0.6) is 0 Å². The molecule has 132 valence electrons. The summed E-state index contributed by atoms with van der Waals surface area (Å²) in [7, 11) is 0. The third-order valence-corrected chi connectivity index (χ3v) is 5.60. The molecule has 5 nitrogen and oxygen atoms in total. The minimum Gasteiger partial charge on any atom is -0.465 e. The number of esters is 1. The molecule has 2 fully saturated rings. The second kappa shape index (κ2) is 5.99. The van der Waals surface area contributed by atoms with Gasteiger partial charge in [0.1, 0.15) is 11.5 Å². The van der Waals surface area contributed by atoms with Gasteiger partial charge in [0.25, 0.3) is 0 Å². The maximum absolute atomic E-state index is 13.2. The van der Waals surface area contributed by atoms with E-state index < -0.39 is 17.4 Å². The molecule has 1 spiro atoms. The number of carbonyl (C=O) groups is 2. The topological polar surface area (TPSA) is 55.8 Å². The first-order valence-corrected chi connectivity index (χ1v) is 8.96. The van der Waals surface area contributed by atoms with Gasteiger partial charge in [-0.1, -0.05) is 49.4 Å². The smallest absolute Gasteiger partial charge is 0.312 e. The number of rotatable bonds is 5. The van der Waals surface area contributed by atoms with Crippen LogP contribution in [0.15, 0.2) is 42.5 Å². The molecule has 0 N–H and O–H groups in total. The van der Waals surface area contributed by atoms with Crippen molar-refractivity contribution in [2.45, 2.75) is 38.0 Å².